The summed E-state index contributed by atoms with van der Waals surface area (Å²) in [7, 11) is 0. The van der Waals surface area contributed by atoms with Crippen LogP contribution in [0, 0.1) is 0 Å². The van der Waals surface area contributed by atoms with Gasteiger partial charge in [0.2, 0.25) is 0 Å². The highest BCUT2D eigenvalue weighted by Gasteiger charge is 2.09. The first-order chi connectivity index (χ1) is 5.82. The molecule has 0 aliphatic carbocycles. The minimum Gasteiger partial charge on any atom is -0.481 e. The van der Waals surface area contributed by atoms with Crippen molar-refractivity contribution in [1.29, 1.82) is 0 Å². The first-order valence-corrected chi connectivity index (χ1v) is 3.34. The Balaban J connectivity index is 0. The van der Waals surface area contributed by atoms with E-state index in [1.807, 2.05) is 0 Å². The SMILES string of the molecule is CCC(=C(O)O)C(O)O.NC(N)=O. The molecule has 0 saturated carbocycles. The van der Waals surface area contributed by atoms with Gasteiger partial charge in [0, 0.05) is 0 Å². The Morgan fingerprint density at radius 1 is 1.31 bits per heavy atom. The number of urea groups is 1. The lowest BCUT2D eigenvalue weighted by Crippen LogP contribution is -2.18. The van der Waals surface area contributed by atoms with Gasteiger partial charge in [-0.3, -0.25) is 0 Å². The molecular weight excluding hydrogens is 180 g/mol. The molecule has 0 aromatic carbocycles. The standard InChI is InChI=1S/C5H10O4.CH4N2O/c1-2-3(4(6)7)5(8)9;2-1(3)4/h4,6-9H,2H2,1H3;(H4,2,3,4). The Kier molecular flexibility index (Phi) is 7.79. The van der Waals surface area contributed by atoms with Crippen LogP contribution in [-0.2, 0) is 0 Å². The number of hydrogen-bond acceptors (Lipinski definition) is 5. The van der Waals surface area contributed by atoms with Crippen LogP contribution < -0.4 is 11.5 Å². The van der Waals surface area contributed by atoms with Gasteiger partial charge in [-0.1, -0.05) is 6.92 Å². The van der Waals surface area contributed by atoms with Gasteiger partial charge >= 0.3 is 6.03 Å². The van der Waals surface area contributed by atoms with E-state index in [0.717, 1.165) is 0 Å². The lowest BCUT2D eigenvalue weighted by Gasteiger charge is -2.04. The zero-order valence-electron chi connectivity index (χ0n) is 7.14. The quantitative estimate of drug-likeness (QED) is 0.247. The van der Waals surface area contributed by atoms with E-state index in [1.165, 1.54) is 0 Å². The predicted molar refractivity (Wildman–Crippen MR) is 44.6 cm³/mol. The predicted octanol–water partition coefficient (Wildman–Crippen LogP) is -0.941. The molecule has 0 saturated heterocycles. The molecule has 0 aromatic heterocycles. The molecule has 0 radical (unpaired) electrons. The number of rotatable bonds is 2. The Labute approximate surface area is 74.9 Å². The summed E-state index contributed by atoms with van der Waals surface area (Å²) in [5, 5.41) is 33.3. The highest BCUT2D eigenvalue weighted by atomic mass is 16.5. The van der Waals surface area contributed by atoms with E-state index in [9.17, 15) is 0 Å². The van der Waals surface area contributed by atoms with Gasteiger partial charge in [-0.05, 0) is 6.42 Å². The third kappa shape index (κ3) is 10.5. The van der Waals surface area contributed by atoms with Crippen molar-refractivity contribution in [2.75, 3.05) is 0 Å². The van der Waals surface area contributed by atoms with E-state index < -0.39 is 18.3 Å². The van der Waals surface area contributed by atoms with Gasteiger partial charge in [-0.25, -0.2) is 4.79 Å². The second-order valence-electron chi connectivity index (χ2n) is 1.98. The molecule has 0 fully saturated rings. The van der Waals surface area contributed by atoms with Crippen LogP contribution in [0.25, 0.3) is 0 Å². The van der Waals surface area contributed by atoms with Crippen molar-refractivity contribution in [2.24, 2.45) is 11.5 Å². The van der Waals surface area contributed by atoms with Crippen LogP contribution in [-0.4, -0.2) is 32.7 Å². The van der Waals surface area contributed by atoms with Crippen LogP contribution in [0.5, 0.6) is 0 Å². The molecule has 0 spiro atoms. The fourth-order valence-corrected chi connectivity index (χ4v) is 0.456. The van der Waals surface area contributed by atoms with E-state index in [1.54, 1.807) is 6.92 Å². The van der Waals surface area contributed by atoms with Gasteiger partial charge in [0.05, 0.1) is 5.57 Å². The molecule has 0 rings (SSSR count). The average Bonchev–Trinajstić information content (AvgIpc) is 1.84. The summed E-state index contributed by atoms with van der Waals surface area (Å²) in [5.74, 6) is -1.01. The number of aliphatic hydroxyl groups is 4. The maximum atomic E-state index is 9.00. The molecule has 0 aliphatic rings. The lowest BCUT2D eigenvalue weighted by molar-refractivity contribution is -0.0184. The van der Waals surface area contributed by atoms with Crippen LogP contribution >= 0.6 is 0 Å². The number of carbonyl (C=O) groups is 1. The zero-order chi connectivity index (χ0) is 11.0. The smallest absolute Gasteiger partial charge is 0.309 e. The molecule has 0 heterocycles. The third-order valence-corrected chi connectivity index (χ3v) is 0.980. The molecule has 8 N–H and O–H groups in total. The van der Waals surface area contributed by atoms with Crippen LogP contribution in [0.4, 0.5) is 4.79 Å². The fraction of sp³-hybridized carbons (Fsp3) is 0.500. The summed E-state index contributed by atoms with van der Waals surface area (Å²) in [4.78, 5) is 9.00. The molecule has 0 atom stereocenters. The molecule has 0 unspecified atom stereocenters. The summed E-state index contributed by atoms with van der Waals surface area (Å²) >= 11 is 0. The van der Waals surface area contributed by atoms with E-state index in [2.05, 4.69) is 11.5 Å². The van der Waals surface area contributed by atoms with Crippen molar-refractivity contribution in [3.05, 3.63) is 11.5 Å². The highest BCUT2D eigenvalue weighted by Crippen LogP contribution is 2.06. The Morgan fingerprint density at radius 3 is 1.62 bits per heavy atom. The molecule has 2 amide bonds. The number of primary amides is 2. The van der Waals surface area contributed by atoms with Crippen molar-refractivity contribution >= 4 is 6.03 Å². The summed E-state index contributed by atoms with van der Waals surface area (Å²) < 4.78 is 0. The largest absolute Gasteiger partial charge is 0.481 e. The molecule has 78 valence electrons. The van der Waals surface area contributed by atoms with Crippen molar-refractivity contribution in [3.8, 4) is 0 Å². The summed E-state index contributed by atoms with van der Waals surface area (Å²) in [6, 6.07) is -0.833. The molecule has 0 aromatic rings. The van der Waals surface area contributed by atoms with Gasteiger partial charge < -0.3 is 31.9 Å². The first-order valence-electron chi connectivity index (χ1n) is 3.34. The number of nitrogens with two attached hydrogens (primary N) is 2. The fourth-order valence-electron chi connectivity index (χ4n) is 0.456. The summed E-state index contributed by atoms with van der Waals surface area (Å²) in [6.07, 6.45) is -1.56. The van der Waals surface area contributed by atoms with E-state index in [-0.39, 0.29) is 12.0 Å². The number of amides is 2. The number of carbonyl (C=O) groups excluding carboxylic acids is 1. The zero-order valence-corrected chi connectivity index (χ0v) is 7.14. The van der Waals surface area contributed by atoms with Crippen molar-refractivity contribution in [2.45, 2.75) is 19.6 Å². The second-order valence-corrected chi connectivity index (χ2v) is 1.98. The third-order valence-electron chi connectivity index (χ3n) is 0.980. The van der Waals surface area contributed by atoms with Gasteiger partial charge in [0.15, 0.2) is 6.29 Å². The Morgan fingerprint density at radius 2 is 1.62 bits per heavy atom. The van der Waals surface area contributed by atoms with Gasteiger partial charge in [-0.2, -0.15) is 0 Å². The molecule has 7 nitrogen and oxygen atoms in total. The average molecular weight is 194 g/mol. The minimum atomic E-state index is -1.76. The topological polar surface area (TPSA) is 150 Å². The molecule has 13 heavy (non-hydrogen) atoms. The van der Waals surface area contributed by atoms with Gasteiger partial charge in [0.25, 0.3) is 5.95 Å². The van der Waals surface area contributed by atoms with Crippen molar-refractivity contribution in [3.63, 3.8) is 0 Å². The first kappa shape index (κ1) is 14.1. The molecular formula is C6H14N2O5. The molecule has 0 aliphatic heterocycles. The van der Waals surface area contributed by atoms with Gasteiger partial charge in [-0.15, -0.1) is 0 Å². The summed E-state index contributed by atoms with van der Waals surface area (Å²) in [6.45, 7) is 1.58. The highest BCUT2D eigenvalue weighted by molar-refractivity contribution is 5.69. The maximum absolute atomic E-state index is 9.00. The van der Waals surface area contributed by atoms with Gasteiger partial charge in [0.1, 0.15) is 0 Å². The Hall–Kier alpha value is -1.47. The monoisotopic (exact) mass is 194 g/mol. The number of aliphatic hydroxyl groups excluding tert-OH is 2. The van der Waals surface area contributed by atoms with E-state index >= 15 is 0 Å². The second kappa shape index (κ2) is 7.19. The van der Waals surface area contributed by atoms with Crippen LogP contribution in [0.3, 0.4) is 0 Å². The lowest BCUT2D eigenvalue weighted by atomic mass is 10.2. The van der Waals surface area contributed by atoms with Crippen molar-refractivity contribution in [1.82, 2.24) is 0 Å². The normalized spacial score (nSPS) is 8.62. The van der Waals surface area contributed by atoms with E-state index in [0.29, 0.717) is 0 Å². The maximum Gasteiger partial charge on any atom is 0.309 e. The molecule has 7 heteroatoms. The minimum absolute atomic E-state index is 0.171. The van der Waals surface area contributed by atoms with Crippen LogP contribution in [0.1, 0.15) is 13.3 Å². The Bertz CT molecular complexity index is 181. The van der Waals surface area contributed by atoms with Crippen molar-refractivity contribution < 1.29 is 25.2 Å². The van der Waals surface area contributed by atoms with E-state index in [4.69, 9.17) is 25.2 Å². The van der Waals surface area contributed by atoms with Crippen LogP contribution in [0.2, 0.25) is 0 Å². The summed E-state index contributed by atoms with van der Waals surface area (Å²) in [5.41, 5.74) is 8.33. The molecule has 0 bridgehead atoms. The van der Waals surface area contributed by atoms with Crippen LogP contribution in [0.15, 0.2) is 11.5 Å². The number of hydrogen-bond donors (Lipinski definition) is 6.